The largest absolute Gasteiger partial charge is 0.481 e. The van der Waals surface area contributed by atoms with Crippen molar-refractivity contribution in [2.45, 2.75) is 12.5 Å². The predicted octanol–water partition coefficient (Wildman–Crippen LogP) is 0.503. The van der Waals surface area contributed by atoms with Crippen LogP contribution < -0.4 is 11.3 Å². The molecule has 14 heavy (non-hydrogen) atoms. The highest BCUT2D eigenvalue weighted by atomic mass is 35.5. The number of halogens is 1. The van der Waals surface area contributed by atoms with Gasteiger partial charge in [0.1, 0.15) is 5.15 Å². The molecule has 0 aliphatic heterocycles. The molecular formula is C8H9ClN2O3. The monoisotopic (exact) mass is 216 g/mol. The van der Waals surface area contributed by atoms with Crippen molar-refractivity contribution in [1.29, 1.82) is 0 Å². The van der Waals surface area contributed by atoms with Gasteiger partial charge in [-0.15, -0.1) is 0 Å². The minimum atomic E-state index is -1.01. The number of aromatic amines is 1. The van der Waals surface area contributed by atoms with Crippen molar-refractivity contribution < 1.29 is 9.90 Å². The fourth-order valence-corrected chi connectivity index (χ4v) is 1.34. The van der Waals surface area contributed by atoms with Crippen molar-refractivity contribution in [2.75, 3.05) is 0 Å². The number of nitrogens with one attached hydrogen (secondary N) is 1. The molecule has 1 aromatic rings. The summed E-state index contributed by atoms with van der Waals surface area (Å²) in [7, 11) is 0. The summed E-state index contributed by atoms with van der Waals surface area (Å²) in [6.07, 6.45) is -0.230. The minimum Gasteiger partial charge on any atom is -0.481 e. The zero-order valence-corrected chi connectivity index (χ0v) is 7.91. The Bertz CT molecular complexity index is 402. The van der Waals surface area contributed by atoms with Crippen LogP contribution in [0.4, 0.5) is 0 Å². The molecule has 5 nitrogen and oxygen atoms in total. The van der Waals surface area contributed by atoms with Gasteiger partial charge in [-0.3, -0.25) is 9.59 Å². The fourth-order valence-electron chi connectivity index (χ4n) is 1.05. The zero-order chi connectivity index (χ0) is 10.7. The van der Waals surface area contributed by atoms with Gasteiger partial charge >= 0.3 is 5.97 Å². The molecule has 0 saturated heterocycles. The van der Waals surface area contributed by atoms with Gasteiger partial charge in [-0.05, 0) is 6.07 Å². The second-order valence-electron chi connectivity index (χ2n) is 2.80. The molecule has 1 atom stereocenters. The maximum atomic E-state index is 10.8. The van der Waals surface area contributed by atoms with Crippen LogP contribution in [0.25, 0.3) is 0 Å². The lowest BCUT2D eigenvalue weighted by Crippen LogP contribution is -2.17. The minimum absolute atomic E-state index is 0.0891. The predicted molar refractivity (Wildman–Crippen MR) is 51.3 cm³/mol. The number of rotatable bonds is 3. The van der Waals surface area contributed by atoms with Crippen molar-refractivity contribution in [3.63, 3.8) is 0 Å². The number of carboxylic acids is 1. The number of hydrogen-bond acceptors (Lipinski definition) is 3. The van der Waals surface area contributed by atoms with E-state index in [1.54, 1.807) is 0 Å². The molecular weight excluding hydrogens is 208 g/mol. The van der Waals surface area contributed by atoms with Gasteiger partial charge in [0, 0.05) is 17.7 Å². The van der Waals surface area contributed by atoms with Crippen molar-refractivity contribution in [2.24, 2.45) is 5.73 Å². The molecule has 0 aliphatic carbocycles. The summed E-state index contributed by atoms with van der Waals surface area (Å²) in [6, 6.07) is 1.97. The van der Waals surface area contributed by atoms with E-state index < -0.39 is 12.0 Å². The Morgan fingerprint density at radius 3 is 2.79 bits per heavy atom. The first kappa shape index (κ1) is 10.7. The van der Waals surface area contributed by atoms with Crippen LogP contribution in [0.15, 0.2) is 16.9 Å². The van der Waals surface area contributed by atoms with Gasteiger partial charge in [-0.2, -0.15) is 0 Å². The van der Waals surface area contributed by atoms with Gasteiger partial charge in [0.25, 0.3) is 0 Å². The number of carbonyl (C=O) groups is 1. The summed E-state index contributed by atoms with van der Waals surface area (Å²) < 4.78 is 0. The average Bonchev–Trinajstić information content (AvgIpc) is 2.01. The molecule has 0 aliphatic rings. The molecule has 0 radical (unpaired) electrons. The van der Waals surface area contributed by atoms with Crippen LogP contribution in [-0.4, -0.2) is 16.1 Å². The molecule has 4 N–H and O–H groups in total. The molecule has 0 amide bonds. The van der Waals surface area contributed by atoms with E-state index in [0.717, 1.165) is 0 Å². The summed E-state index contributed by atoms with van der Waals surface area (Å²) in [5, 5.41) is 8.58. The van der Waals surface area contributed by atoms with Gasteiger partial charge in [0.05, 0.1) is 6.42 Å². The lowest BCUT2D eigenvalue weighted by atomic mass is 10.1. The van der Waals surface area contributed by atoms with Crippen molar-refractivity contribution in [1.82, 2.24) is 4.98 Å². The van der Waals surface area contributed by atoms with E-state index in [9.17, 15) is 9.59 Å². The van der Waals surface area contributed by atoms with E-state index in [1.807, 2.05) is 0 Å². The van der Waals surface area contributed by atoms with Crippen LogP contribution in [0, 0.1) is 0 Å². The highest BCUT2D eigenvalue weighted by Gasteiger charge is 2.13. The fraction of sp³-hybridized carbons (Fsp3) is 0.250. The van der Waals surface area contributed by atoms with Crippen LogP contribution in [-0.2, 0) is 4.79 Å². The highest BCUT2D eigenvalue weighted by Crippen LogP contribution is 2.19. The molecule has 0 aromatic carbocycles. The third-order valence-electron chi connectivity index (χ3n) is 1.69. The molecule has 0 fully saturated rings. The molecule has 1 heterocycles. The number of aromatic nitrogens is 1. The Kier molecular flexibility index (Phi) is 3.27. The summed E-state index contributed by atoms with van der Waals surface area (Å²) in [4.78, 5) is 23.5. The Balaban J connectivity index is 2.95. The quantitative estimate of drug-likeness (QED) is 0.641. The SMILES string of the molecule is N[C@@H](CC(=O)O)c1ccc(=O)[nH]c1Cl. The smallest absolute Gasteiger partial charge is 0.305 e. The molecule has 0 unspecified atom stereocenters. The maximum Gasteiger partial charge on any atom is 0.305 e. The van der Waals surface area contributed by atoms with Gasteiger partial charge in [-0.1, -0.05) is 11.6 Å². The number of hydrogen-bond donors (Lipinski definition) is 3. The topological polar surface area (TPSA) is 96.2 Å². The van der Waals surface area contributed by atoms with E-state index >= 15 is 0 Å². The summed E-state index contributed by atoms with van der Waals surface area (Å²) >= 11 is 5.68. The van der Waals surface area contributed by atoms with E-state index in [0.29, 0.717) is 5.56 Å². The summed E-state index contributed by atoms with van der Waals surface area (Å²) in [5.41, 5.74) is 5.64. The Morgan fingerprint density at radius 1 is 1.64 bits per heavy atom. The van der Waals surface area contributed by atoms with Crippen LogP contribution in [0.5, 0.6) is 0 Å². The van der Waals surface area contributed by atoms with Crippen molar-refractivity contribution in [3.05, 3.63) is 33.2 Å². The molecule has 1 aromatic heterocycles. The van der Waals surface area contributed by atoms with Crippen LogP contribution in [0.2, 0.25) is 5.15 Å². The van der Waals surface area contributed by atoms with E-state index in [1.165, 1.54) is 12.1 Å². The molecule has 76 valence electrons. The van der Waals surface area contributed by atoms with Gasteiger partial charge in [0.2, 0.25) is 5.56 Å². The lowest BCUT2D eigenvalue weighted by Gasteiger charge is -2.09. The van der Waals surface area contributed by atoms with E-state index in [4.69, 9.17) is 22.4 Å². The standard InChI is InChI=1S/C8H9ClN2O3/c9-8-4(1-2-6(12)11-8)5(10)3-7(13)14/h1-2,5H,3,10H2,(H,11,12)(H,13,14)/t5-/m0/s1. The third kappa shape index (κ3) is 2.58. The second kappa shape index (κ2) is 4.26. The normalized spacial score (nSPS) is 12.4. The summed E-state index contributed by atoms with van der Waals surface area (Å²) in [5.74, 6) is -1.01. The molecule has 0 spiro atoms. The van der Waals surface area contributed by atoms with Gasteiger partial charge in [0.15, 0.2) is 0 Å². The lowest BCUT2D eigenvalue weighted by molar-refractivity contribution is -0.137. The first-order valence-corrected chi connectivity index (χ1v) is 4.24. The molecule has 1 rings (SSSR count). The molecule has 0 bridgehead atoms. The Hall–Kier alpha value is -1.33. The number of H-pyrrole nitrogens is 1. The maximum absolute atomic E-state index is 10.8. The molecule has 6 heteroatoms. The first-order valence-electron chi connectivity index (χ1n) is 3.87. The van der Waals surface area contributed by atoms with E-state index in [-0.39, 0.29) is 17.1 Å². The van der Waals surface area contributed by atoms with E-state index in [2.05, 4.69) is 4.98 Å². The van der Waals surface area contributed by atoms with Gasteiger partial charge in [-0.25, -0.2) is 0 Å². The summed E-state index contributed by atoms with van der Waals surface area (Å²) in [6.45, 7) is 0. The highest BCUT2D eigenvalue weighted by molar-refractivity contribution is 6.30. The number of aliphatic carboxylic acids is 1. The van der Waals surface area contributed by atoms with Crippen LogP contribution in [0.3, 0.4) is 0 Å². The number of nitrogens with two attached hydrogens (primary N) is 1. The first-order chi connectivity index (χ1) is 6.50. The second-order valence-corrected chi connectivity index (χ2v) is 3.17. The Morgan fingerprint density at radius 2 is 2.29 bits per heavy atom. The van der Waals surface area contributed by atoms with Crippen molar-refractivity contribution >= 4 is 17.6 Å². The number of carboxylic acid groups (broad SMARTS) is 1. The average molecular weight is 217 g/mol. The van der Waals surface area contributed by atoms with Gasteiger partial charge < -0.3 is 15.8 Å². The number of pyridine rings is 1. The zero-order valence-electron chi connectivity index (χ0n) is 7.16. The third-order valence-corrected chi connectivity index (χ3v) is 2.01. The van der Waals surface area contributed by atoms with Crippen LogP contribution in [0.1, 0.15) is 18.0 Å². The molecule has 0 saturated carbocycles. The Labute approximate surface area is 84.5 Å². The van der Waals surface area contributed by atoms with Crippen molar-refractivity contribution in [3.8, 4) is 0 Å². The van der Waals surface area contributed by atoms with Crippen LogP contribution >= 0.6 is 11.6 Å².